The molecule has 2 aliphatic carbocycles. The standard InChI is InChI=1S/C25H42O7/c1-5-25(3,4)24(30)32-20-10-15(13-26)23(29)19-8-6-14(2)18(22(19)20)9-7-17-11-16(27)12-21(28)31-17/h14-20,22-23,26-27,29H,5-13H2,1-4H3/t14-,15+,16+,17+,18-,19+,20-,22+,23-/m0/s1. The summed E-state index contributed by atoms with van der Waals surface area (Å²) in [5, 5.41) is 30.8. The van der Waals surface area contributed by atoms with Gasteiger partial charge in [-0.1, -0.05) is 20.3 Å². The van der Waals surface area contributed by atoms with Crippen molar-refractivity contribution >= 4 is 11.9 Å². The fraction of sp³-hybridized carbons (Fsp3) is 0.920. The van der Waals surface area contributed by atoms with Crippen LogP contribution >= 0.6 is 0 Å². The Morgan fingerprint density at radius 2 is 1.91 bits per heavy atom. The normalized spacial score (nSPS) is 40.3. The number of fused-ring (bicyclic) bond motifs is 1. The van der Waals surface area contributed by atoms with Crippen molar-refractivity contribution in [2.75, 3.05) is 6.61 Å². The molecular formula is C25H42O7. The molecule has 9 atom stereocenters. The van der Waals surface area contributed by atoms with E-state index in [9.17, 15) is 24.9 Å². The second-order valence-corrected chi connectivity index (χ2v) is 11.1. The number of rotatable bonds is 7. The van der Waals surface area contributed by atoms with E-state index in [0.29, 0.717) is 31.6 Å². The van der Waals surface area contributed by atoms with Crippen LogP contribution in [0.1, 0.15) is 79.1 Å². The lowest BCUT2D eigenvalue weighted by molar-refractivity contribution is -0.186. The zero-order valence-corrected chi connectivity index (χ0v) is 20.0. The van der Waals surface area contributed by atoms with Gasteiger partial charge in [0.2, 0.25) is 0 Å². The first-order valence-corrected chi connectivity index (χ1v) is 12.4. The Morgan fingerprint density at radius 3 is 2.53 bits per heavy atom. The monoisotopic (exact) mass is 454 g/mol. The van der Waals surface area contributed by atoms with E-state index in [4.69, 9.17) is 9.47 Å². The van der Waals surface area contributed by atoms with Crippen molar-refractivity contribution < 1.29 is 34.4 Å². The van der Waals surface area contributed by atoms with Crippen LogP contribution in [0.5, 0.6) is 0 Å². The van der Waals surface area contributed by atoms with Crippen LogP contribution in [-0.4, -0.2) is 58.3 Å². The highest BCUT2D eigenvalue weighted by Gasteiger charge is 2.52. The highest BCUT2D eigenvalue weighted by molar-refractivity contribution is 5.76. The van der Waals surface area contributed by atoms with Gasteiger partial charge in [0.1, 0.15) is 12.2 Å². The largest absolute Gasteiger partial charge is 0.462 e. The minimum Gasteiger partial charge on any atom is -0.462 e. The maximum absolute atomic E-state index is 12.9. The fourth-order valence-electron chi connectivity index (χ4n) is 6.10. The lowest BCUT2D eigenvalue weighted by Crippen LogP contribution is -2.55. The highest BCUT2D eigenvalue weighted by atomic mass is 16.6. The summed E-state index contributed by atoms with van der Waals surface area (Å²) in [7, 11) is 0. The van der Waals surface area contributed by atoms with Gasteiger partial charge < -0.3 is 24.8 Å². The lowest BCUT2D eigenvalue weighted by Gasteiger charge is -2.52. The van der Waals surface area contributed by atoms with Crippen LogP contribution in [0.2, 0.25) is 0 Å². The van der Waals surface area contributed by atoms with Crippen LogP contribution in [0.15, 0.2) is 0 Å². The number of esters is 2. The molecule has 7 nitrogen and oxygen atoms in total. The molecule has 1 aliphatic heterocycles. The second kappa shape index (κ2) is 10.4. The van der Waals surface area contributed by atoms with E-state index < -0.39 is 17.6 Å². The summed E-state index contributed by atoms with van der Waals surface area (Å²) in [6, 6.07) is 0. The number of cyclic esters (lactones) is 1. The van der Waals surface area contributed by atoms with Gasteiger partial charge in [-0.25, -0.2) is 0 Å². The van der Waals surface area contributed by atoms with E-state index in [-0.39, 0.29) is 60.8 Å². The third kappa shape index (κ3) is 5.48. The van der Waals surface area contributed by atoms with Crippen molar-refractivity contribution in [3.63, 3.8) is 0 Å². The Morgan fingerprint density at radius 1 is 1.19 bits per heavy atom. The van der Waals surface area contributed by atoms with Crippen LogP contribution in [0.3, 0.4) is 0 Å². The topological polar surface area (TPSA) is 113 Å². The van der Waals surface area contributed by atoms with Crippen LogP contribution in [0.4, 0.5) is 0 Å². The van der Waals surface area contributed by atoms with Gasteiger partial charge in [0.15, 0.2) is 0 Å². The molecule has 3 rings (SSSR count). The van der Waals surface area contributed by atoms with E-state index in [1.54, 1.807) is 0 Å². The molecule has 0 radical (unpaired) electrons. The van der Waals surface area contributed by atoms with Crippen molar-refractivity contribution in [2.24, 2.45) is 35.0 Å². The number of carbonyl (C=O) groups is 2. The summed E-state index contributed by atoms with van der Waals surface area (Å²) in [5.41, 5.74) is -0.581. The summed E-state index contributed by atoms with van der Waals surface area (Å²) in [5.74, 6) is -0.278. The first kappa shape index (κ1) is 25.4. The predicted molar refractivity (Wildman–Crippen MR) is 118 cm³/mol. The molecule has 0 aromatic carbocycles. The van der Waals surface area contributed by atoms with Crippen LogP contribution < -0.4 is 0 Å². The molecule has 1 saturated heterocycles. The number of hydrogen-bond donors (Lipinski definition) is 3. The van der Waals surface area contributed by atoms with Crippen LogP contribution in [-0.2, 0) is 19.1 Å². The molecule has 7 heteroatoms. The van der Waals surface area contributed by atoms with Crippen molar-refractivity contribution in [2.45, 2.75) is 103 Å². The molecule has 1 heterocycles. The van der Waals surface area contributed by atoms with E-state index in [2.05, 4.69) is 6.92 Å². The van der Waals surface area contributed by atoms with Gasteiger partial charge in [0.25, 0.3) is 0 Å². The van der Waals surface area contributed by atoms with Gasteiger partial charge in [-0.3, -0.25) is 9.59 Å². The summed E-state index contributed by atoms with van der Waals surface area (Å²) < 4.78 is 11.6. The zero-order valence-electron chi connectivity index (χ0n) is 20.0. The summed E-state index contributed by atoms with van der Waals surface area (Å²) in [6.45, 7) is 7.83. The van der Waals surface area contributed by atoms with Gasteiger partial charge >= 0.3 is 11.9 Å². The van der Waals surface area contributed by atoms with E-state index >= 15 is 0 Å². The molecule has 3 fully saturated rings. The molecule has 0 amide bonds. The summed E-state index contributed by atoms with van der Waals surface area (Å²) >= 11 is 0. The molecule has 3 N–H and O–H groups in total. The number of carbonyl (C=O) groups excluding carboxylic acids is 2. The van der Waals surface area contributed by atoms with Crippen molar-refractivity contribution in [1.29, 1.82) is 0 Å². The van der Waals surface area contributed by atoms with Crippen molar-refractivity contribution in [1.82, 2.24) is 0 Å². The molecule has 2 saturated carbocycles. The van der Waals surface area contributed by atoms with Crippen LogP contribution in [0.25, 0.3) is 0 Å². The first-order chi connectivity index (χ1) is 15.1. The smallest absolute Gasteiger partial charge is 0.311 e. The number of aliphatic hydroxyl groups excluding tert-OH is 3. The summed E-state index contributed by atoms with van der Waals surface area (Å²) in [6.07, 6.45) is 3.02. The quantitative estimate of drug-likeness (QED) is 0.507. The molecular weight excluding hydrogens is 412 g/mol. The van der Waals surface area contributed by atoms with Gasteiger partial charge in [0.05, 0.1) is 24.0 Å². The number of ether oxygens (including phenoxy) is 2. The average Bonchev–Trinajstić information content (AvgIpc) is 2.73. The third-order valence-corrected chi connectivity index (χ3v) is 8.55. The third-order valence-electron chi connectivity index (χ3n) is 8.55. The number of aliphatic hydroxyl groups is 3. The molecule has 184 valence electrons. The molecule has 0 spiro atoms. The van der Waals surface area contributed by atoms with E-state index in [1.165, 1.54) is 0 Å². The summed E-state index contributed by atoms with van der Waals surface area (Å²) in [4.78, 5) is 24.7. The first-order valence-electron chi connectivity index (χ1n) is 12.4. The fourth-order valence-corrected chi connectivity index (χ4v) is 6.10. The highest BCUT2D eigenvalue weighted by Crippen LogP contribution is 2.51. The average molecular weight is 455 g/mol. The SMILES string of the molecule is CCC(C)(C)C(=O)O[C@H]1C[C@H](CO)[C@H](O)[C@@H]2CC[C@H](C)[C@H](CC[C@@H]3C[C@@H](O)CC(=O)O3)[C@H]21. The van der Waals surface area contributed by atoms with Gasteiger partial charge in [0, 0.05) is 24.9 Å². The maximum Gasteiger partial charge on any atom is 0.311 e. The number of hydrogen-bond acceptors (Lipinski definition) is 7. The van der Waals surface area contributed by atoms with Gasteiger partial charge in [-0.15, -0.1) is 0 Å². The van der Waals surface area contributed by atoms with Crippen molar-refractivity contribution in [3.8, 4) is 0 Å². The van der Waals surface area contributed by atoms with E-state index in [0.717, 1.165) is 19.3 Å². The minimum atomic E-state index is -0.649. The molecule has 32 heavy (non-hydrogen) atoms. The Balaban J connectivity index is 1.79. The molecule has 0 aromatic heterocycles. The zero-order chi connectivity index (χ0) is 23.6. The Labute approximate surface area is 191 Å². The Bertz CT molecular complexity index is 663. The molecule has 0 bridgehead atoms. The maximum atomic E-state index is 12.9. The van der Waals surface area contributed by atoms with Crippen molar-refractivity contribution in [3.05, 3.63) is 0 Å². The molecule has 0 unspecified atom stereocenters. The minimum absolute atomic E-state index is 0.0115. The Kier molecular flexibility index (Phi) is 8.26. The van der Waals surface area contributed by atoms with Gasteiger partial charge in [-0.05, 0) is 63.7 Å². The molecule has 3 aliphatic rings. The van der Waals surface area contributed by atoms with Gasteiger partial charge in [-0.2, -0.15) is 0 Å². The second-order valence-electron chi connectivity index (χ2n) is 11.1. The lowest BCUT2D eigenvalue weighted by atomic mass is 9.56. The molecule has 0 aromatic rings. The van der Waals surface area contributed by atoms with Crippen LogP contribution in [0, 0.1) is 35.0 Å². The predicted octanol–water partition coefficient (Wildman–Crippen LogP) is 2.83. The van der Waals surface area contributed by atoms with E-state index in [1.807, 2.05) is 20.8 Å². The Hall–Kier alpha value is -1.18.